The van der Waals surface area contributed by atoms with E-state index in [1.54, 1.807) is 6.26 Å². The molecule has 0 aliphatic heterocycles. The van der Waals surface area contributed by atoms with Crippen LogP contribution in [0.2, 0.25) is 0 Å². The fourth-order valence-corrected chi connectivity index (χ4v) is 3.57. The van der Waals surface area contributed by atoms with Gasteiger partial charge in [0.1, 0.15) is 11.5 Å². The predicted octanol–water partition coefficient (Wildman–Crippen LogP) is 4.71. The van der Waals surface area contributed by atoms with Crippen molar-refractivity contribution in [1.82, 2.24) is 9.61 Å². The maximum absolute atomic E-state index is 5.48. The van der Waals surface area contributed by atoms with Crippen molar-refractivity contribution in [2.24, 2.45) is 0 Å². The molecule has 1 N–H and O–H groups in total. The van der Waals surface area contributed by atoms with E-state index in [0.717, 1.165) is 27.3 Å². The fraction of sp³-hybridized carbons (Fsp3) is 0.312. The molecule has 0 amide bonds. The second kappa shape index (κ2) is 5.22. The Morgan fingerprint density at radius 1 is 1.19 bits per heavy atom. The lowest BCUT2D eigenvalue weighted by molar-refractivity contribution is 0.579. The van der Waals surface area contributed by atoms with Gasteiger partial charge in [0.25, 0.3) is 0 Å². The molecule has 1 aliphatic rings. The smallest absolute Gasteiger partial charge is 0.155 e. The number of fused-ring (bicyclic) bond motifs is 1. The van der Waals surface area contributed by atoms with Gasteiger partial charge < -0.3 is 9.73 Å². The quantitative estimate of drug-likeness (QED) is 0.747. The molecule has 1 fully saturated rings. The molecule has 0 radical (unpaired) electrons. The number of rotatable bonds is 3. The minimum absolute atomic E-state index is 0.561. The third kappa shape index (κ3) is 2.25. The second-order valence-corrected chi connectivity index (χ2v) is 6.27. The minimum atomic E-state index is 0.561. The van der Waals surface area contributed by atoms with Gasteiger partial charge in [0, 0.05) is 6.04 Å². The highest BCUT2D eigenvalue weighted by molar-refractivity contribution is 9.10. The van der Waals surface area contributed by atoms with Crippen LogP contribution in [0, 0.1) is 0 Å². The number of nitrogens with one attached hydrogen (secondary N) is 1. The maximum Gasteiger partial charge on any atom is 0.155 e. The van der Waals surface area contributed by atoms with Crippen LogP contribution >= 0.6 is 15.9 Å². The van der Waals surface area contributed by atoms with Gasteiger partial charge in [-0.15, -0.1) is 0 Å². The first-order valence-electron chi connectivity index (χ1n) is 7.30. The number of furan rings is 1. The monoisotopic (exact) mass is 345 g/mol. The summed E-state index contributed by atoms with van der Waals surface area (Å²) >= 11 is 3.65. The van der Waals surface area contributed by atoms with Crippen LogP contribution < -0.4 is 5.32 Å². The van der Waals surface area contributed by atoms with E-state index < -0.39 is 0 Å². The van der Waals surface area contributed by atoms with Crippen LogP contribution in [0.1, 0.15) is 25.7 Å². The molecule has 5 heteroatoms. The first kappa shape index (κ1) is 13.0. The van der Waals surface area contributed by atoms with Crippen molar-refractivity contribution < 1.29 is 4.42 Å². The first-order valence-corrected chi connectivity index (χ1v) is 8.10. The second-order valence-electron chi connectivity index (χ2n) is 5.47. The van der Waals surface area contributed by atoms with E-state index in [9.17, 15) is 0 Å². The summed E-state index contributed by atoms with van der Waals surface area (Å²) in [5.41, 5.74) is 1.88. The van der Waals surface area contributed by atoms with Crippen LogP contribution in [0.5, 0.6) is 0 Å². The molecule has 3 heterocycles. The van der Waals surface area contributed by atoms with Crippen LogP contribution in [0.3, 0.4) is 0 Å². The Morgan fingerprint density at radius 2 is 2.05 bits per heavy atom. The molecule has 21 heavy (non-hydrogen) atoms. The van der Waals surface area contributed by atoms with Gasteiger partial charge in [-0.1, -0.05) is 18.9 Å². The highest BCUT2D eigenvalue weighted by Crippen LogP contribution is 2.33. The zero-order valence-corrected chi connectivity index (χ0v) is 13.1. The average molecular weight is 346 g/mol. The molecule has 0 bridgehead atoms. The molecule has 0 spiro atoms. The van der Waals surface area contributed by atoms with Crippen molar-refractivity contribution in [2.45, 2.75) is 31.7 Å². The lowest BCUT2D eigenvalue weighted by Gasteiger charge is -2.14. The van der Waals surface area contributed by atoms with Crippen LogP contribution in [0.25, 0.3) is 17.0 Å². The third-order valence-corrected chi connectivity index (χ3v) is 4.84. The lowest BCUT2D eigenvalue weighted by Crippen LogP contribution is -2.16. The number of hydrogen-bond donors (Lipinski definition) is 1. The summed E-state index contributed by atoms with van der Waals surface area (Å²) in [5.74, 6) is 1.82. The van der Waals surface area contributed by atoms with Crippen molar-refractivity contribution in [2.75, 3.05) is 5.32 Å². The standard InChI is InChI=1S/C16H16BrN3O/c17-15-12-7-3-9-14(18-11-5-1-2-6-11)20(12)19-16(15)13-8-4-10-21-13/h3-4,7-11,18H,1-2,5-6H2. The van der Waals surface area contributed by atoms with E-state index in [2.05, 4.69) is 39.4 Å². The van der Waals surface area contributed by atoms with E-state index in [4.69, 9.17) is 9.52 Å². The van der Waals surface area contributed by atoms with Gasteiger partial charge in [-0.25, -0.2) is 4.52 Å². The molecule has 0 unspecified atom stereocenters. The highest BCUT2D eigenvalue weighted by Gasteiger charge is 2.19. The van der Waals surface area contributed by atoms with Crippen molar-refractivity contribution >= 4 is 27.3 Å². The maximum atomic E-state index is 5.48. The topological polar surface area (TPSA) is 42.5 Å². The average Bonchev–Trinajstić information content (AvgIpc) is 3.21. The zero-order chi connectivity index (χ0) is 14.2. The number of anilines is 1. The van der Waals surface area contributed by atoms with Crippen LogP contribution in [-0.2, 0) is 0 Å². The number of nitrogens with zero attached hydrogens (tertiary/aromatic N) is 2. The summed E-state index contributed by atoms with van der Waals surface area (Å²) in [6.45, 7) is 0. The molecule has 3 aromatic rings. The molecule has 4 rings (SSSR count). The molecular weight excluding hydrogens is 330 g/mol. The lowest BCUT2D eigenvalue weighted by atomic mass is 10.2. The minimum Gasteiger partial charge on any atom is -0.463 e. The molecule has 0 atom stereocenters. The largest absolute Gasteiger partial charge is 0.463 e. The molecule has 0 aromatic carbocycles. The Hall–Kier alpha value is -1.75. The zero-order valence-electron chi connectivity index (χ0n) is 11.6. The van der Waals surface area contributed by atoms with Crippen molar-refractivity contribution in [3.8, 4) is 11.5 Å². The molecule has 1 saturated carbocycles. The highest BCUT2D eigenvalue weighted by atomic mass is 79.9. The normalized spacial score (nSPS) is 15.9. The Kier molecular flexibility index (Phi) is 3.22. The van der Waals surface area contributed by atoms with Gasteiger partial charge in [-0.2, -0.15) is 5.10 Å². The summed E-state index contributed by atoms with van der Waals surface area (Å²) in [7, 11) is 0. The van der Waals surface area contributed by atoms with Gasteiger partial charge in [0.15, 0.2) is 5.76 Å². The predicted molar refractivity (Wildman–Crippen MR) is 86.5 cm³/mol. The van der Waals surface area contributed by atoms with Gasteiger partial charge in [0.05, 0.1) is 16.3 Å². The SMILES string of the molecule is Brc1c(-c2ccco2)nn2c(NC3CCCC3)cccc12. The molecular formula is C16H16BrN3O. The molecule has 0 saturated heterocycles. The van der Waals surface area contributed by atoms with Crippen molar-refractivity contribution in [3.05, 3.63) is 41.1 Å². The summed E-state index contributed by atoms with van der Waals surface area (Å²) in [4.78, 5) is 0. The summed E-state index contributed by atoms with van der Waals surface area (Å²) < 4.78 is 8.40. The number of pyridine rings is 1. The van der Waals surface area contributed by atoms with E-state index in [0.29, 0.717) is 6.04 Å². The molecule has 1 aliphatic carbocycles. The summed E-state index contributed by atoms with van der Waals surface area (Å²) in [6, 6.07) is 10.6. The first-order chi connectivity index (χ1) is 10.3. The molecule has 108 valence electrons. The Balaban J connectivity index is 1.80. The molecule has 3 aromatic heterocycles. The van der Waals surface area contributed by atoms with Gasteiger partial charge >= 0.3 is 0 Å². The van der Waals surface area contributed by atoms with Gasteiger partial charge in [0.2, 0.25) is 0 Å². The van der Waals surface area contributed by atoms with Crippen LogP contribution in [0.15, 0.2) is 45.5 Å². The van der Waals surface area contributed by atoms with Crippen molar-refractivity contribution in [3.63, 3.8) is 0 Å². The van der Waals surface area contributed by atoms with Gasteiger partial charge in [-0.05, 0) is 53.0 Å². The van der Waals surface area contributed by atoms with Crippen LogP contribution in [0.4, 0.5) is 5.82 Å². The number of hydrogen-bond acceptors (Lipinski definition) is 3. The Morgan fingerprint density at radius 3 is 2.81 bits per heavy atom. The summed E-state index contributed by atoms with van der Waals surface area (Å²) in [6.07, 6.45) is 6.78. The van der Waals surface area contributed by atoms with Crippen molar-refractivity contribution in [1.29, 1.82) is 0 Å². The third-order valence-electron chi connectivity index (χ3n) is 4.06. The Bertz CT molecular complexity index is 757. The van der Waals surface area contributed by atoms with Gasteiger partial charge in [-0.3, -0.25) is 0 Å². The van der Waals surface area contributed by atoms with E-state index in [-0.39, 0.29) is 0 Å². The summed E-state index contributed by atoms with van der Waals surface area (Å²) in [5, 5.41) is 8.33. The van der Waals surface area contributed by atoms with Crippen LogP contribution in [-0.4, -0.2) is 15.7 Å². The number of halogens is 1. The van der Waals surface area contributed by atoms with E-state index >= 15 is 0 Å². The fourth-order valence-electron chi connectivity index (χ4n) is 3.00. The molecule has 4 nitrogen and oxygen atoms in total. The van der Waals surface area contributed by atoms with E-state index in [1.807, 2.05) is 16.6 Å². The number of aromatic nitrogens is 2. The van der Waals surface area contributed by atoms with E-state index in [1.165, 1.54) is 25.7 Å². The Labute approximate surface area is 131 Å².